The molecule has 4 aromatic rings. The van der Waals surface area contributed by atoms with Gasteiger partial charge in [-0.1, -0.05) is 12.1 Å². The highest BCUT2D eigenvalue weighted by atomic mass is 19.4. The maximum absolute atomic E-state index is 14.1. The van der Waals surface area contributed by atoms with Gasteiger partial charge in [-0.15, -0.1) is 10.2 Å². The SMILES string of the molecule is Cn1cnnc1CC1(c2cccc(-n3cc4c(C(F)(F)F)cc(CN5CCC(F)CC5)cn4c3=O)c2)COC1. The van der Waals surface area contributed by atoms with Crippen LogP contribution in [0.3, 0.4) is 0 Å². The number of fused-ring (bicyclic) bond motifs is 1. The summed E-state index contributed by atoms with van der Waals surface area (Å²) >= 11 is 0. The van der Waals surface area contributed by atoms with Crippen molar-refractivity contribution in [2.75, 3.05) is 26.3 Å². The summed E-state index contributed by atoms with van der Waals surface area (Å²) in [6, 6.07) is 8.35. The Kier molecular flexibility index (Phi) is 6.34. The standard InChI is InChI=1S/C27H28F4N6O2/c1-34-17-32-33-24(34)11-26(15-39-16-26)19-3-2-4-21(10-19)36-14-23-22(27(29,30)31)9-18(13-37(23)25(36)38)12-35-7-5-20(28)6-8-35/h2-4,9-10,13-14,17,20H,5-8,11-12,15-16H2,1H3. The van der Waals surface area contributed by atoms with Crippen LogP contribution in [0.25, 0.3) is 11.2 Å². The number of benzene rings is 1. The van der Waals surface area contributed by atoms with E-state index in [0.717, 1.165) is 21.9 Å². The van der Waals surface area contributed by atoms with Gasteiger partial charge < -0.3 is 9.30 Å². The van der Waals surface area contributed by atoms with Crippen LogP contribution in [0.4, 0.5) is 17.6 Å². The van der Waals surface area contributed by atoms with E-state index in [0.29, 0.717) is 56.8 Å². The predicted molar refractivity (Wildman–Crippen MR) is 135 cm³/mol. The molecule has 2 aliphatic rings. The third-order valence-electron chi connectivity index (χ3n) is 7.85. The molecule has 2 aliphatic heterocycles. The van der Waals surface area contributed by atoms with Gasteiger partial charge in [-0.05, 0) is 42.2 Å². The Bertz CT molecular complexity index is 1560. The Morgan fingerprint density at radius 3 is 2.54 bits per heavy atom. The van der Waals surface area contributed by atoms with Crippen molar-refractivity contribution in [2.24, 2.45) is 7.05 Å². The molecule has 0 unspecified atom stereocenters. The zero-order chi connectivity index (χ0) is 27.4. The lowest BCUT2D eigenvalue weighted by molar-refractivity contribution is -0.136. The Morgan fingerprint density at radius 2 is 1.90 bits per heavy atom. The minimum Gasteiger partial charge on any atom is -0.379 e. The molecule has 8 nitrogen and oxygen atoms in total. The third-order valence-corrected chi connectivity index (χ3v) is 7.85. The zero-order valence-corrected chi connectivity index (χ0v) is 21.4. The van der Waals surface area contributed by atoms with Crippen LogP contribution in [0.2, 0.25) is 0 Å². The van der Waals surface area contributed by atoms with Gasteiger partial charge in [0.2, 0.25) is 0 Å². The molecule has 0 radical (unpaired) electrons. The fraction of sp³-hybridized carbons (Fsp3) is 0.444. The largest absolute Gasteiger partial charge is 0.418 e. The van der Waals surface area contributed by atoms with E-state index in [4.69, 9.17) is 4.74 Å². The van der Waals surface area contributed by atoms with Crippen molar-refractivity contribution in [3.8, 4) is 5.69 Å². The van der Waals surface area contributed by atoms with Crippen molar-refractivity contribution in [3.05, 3.63) is 82.1 Å². The molecule has 2 fully saturated rings. The second kappa shape index (κ2) is 9.60. The van der Waals surface area contributed by atoms with Gasteiger partial charge in [0.05, 0.1) is 30.0 Å². The number of ether oxygens (including phenoxy) is 1. The van der Waals surface area contributed by atoms with Crippen molar-refractivity contribution in [1.29, 1.82) is 0 Å². The first kappa shape index (κ1) is 25.8. The average molecular weight is 545 g/mol. The van der Waals surface area contributed by atoms with Crippen LogP contribution in [0.5, 0.6) is 0 Å². The summed E-state index contributed by atoms with van der Waals surface area (Å²) in [4.78, 5) is 15.4. The van der Waals surface area contributed by atoms with Crippen LogP contribution in [0, 0.1) is 0 Å². The molecule has 0 bridgehead atoms. The Hall–Kier alpha value is -3.51. The molecule has 0 saturated carbocycles. The Morgan fingerprint density at radius 1 is 1.13 bits per heavy atom. The van der Waals surface area contributed by atoms with E-state index < -0.39 is 23.6 Å². The van der Waals surface area contributed by atoms with Crippen LogP contribution in [0.15, 0.2) is 53.8 Å². The summed E-state index contributed by atoms with van der Waals surface area (Å²) in [5.74, 6) is 0.786. The molecule has 0 N–H and O–H groups in total. The molecule has 0 spiro atoms. The summed E-state index contributed by atoms with van der Waals surface area (Å²) in [7, 11) is 1.86. The molecule has 12 heteroatoms. The number of hydrogen-bond donors (Lipinski definition) is 0. The van der Waals surface area contributed by atoms with Crippen LogP contribution in [-0.4, -0.2) is 61.1 Å². The minimum atomic E-state index is -4.66. The summed E-state index contributed by atoms with van der Waals surface area (Å²) in [6.07, 6.45) is 0.0694. The van der Waals surface area contributed by atoms with Gasteiger partial charge in [0.15, 0.2) is 0 Å². The van der Waals surface area contributed by atoms with Crippen molar-refractivity contribution >= 4 is 5.52 Å². The Labute approximate surface area is 221 Å². The molecule has 0 aliphatic carbocycles. The van der Waals surface area contributed by atoms with Gasteiger partial charge >= 0.3 is 11.9 Å². The highest BCUT2D eigenvalue weighted by Crippen LogP contribution is 2.37. The predicted octanol–water partition coefficient (Wildman–Crippen LogP) is 3.68. The monoisotopic (exact) mass is 544 g/mol. The molecule has 39 heavy (non-hydrogen) atoms. The van der Waals surface area contributed by atoms with Crippen LogP contribution < -0.4 is 5.69 Å². The first-order valence-electron chi connectivity index (χ1n) is 12.8. The molecular weight excluding hydrogens is 516 g/mol. The number of halogens is 4. The lowest BCUT2D eigenvalue weighted by Gasteiger charge is -2.41. The molecule has 206 valence electrons. The number of imidazole rings is 1. The van der Waals surface area contributed by atoms with Crippen LogP contribution in [0.1, 0.15) is 35.4 Å². The van der Waals surface area contributed by atoms with Gasteiger partial charge in [-0.3, -0.25) is 13.9 Å². The number of hydrogen-bond acceptors (Lipinski definition) is 5. The lowest BCUT2D eigenvalue weighted by atomic mass is 9.75. The summed E-state index contributed by atoms with van der Waals surface area (Å²) in [5.41, 5.74) is -0.339. The molecule has 1 aromatic carbocycles. The molecule has 3 aromatic heterocycles. The maximum atomic E-state index is 14.1. The second-order valence-electron chi connectivity index (χ2n) is 10.6. The van der Waals surface area contributed by atoms with E-state index in [1.165, 1.54) is 17.0 Å². The normalized spacial score (nSPS) is 18.5. The number of nitrogens with zero attached hydrogens (tertiary/aromatic N) is 6. The number of rotatable bonds is 6. The lowest BCUT2D eigenvalue weighted by Crippen LogP contribution is -2.49. The maximum Gasteiger partial charge on any atom is 0.418 e. The number of aryl methyl sites for hydroxylation is 1. The molecule has 5 heterocycles. The van der Waals surface area contributed by atoms with Gasteiger partial charge in [-0.2, -0.15) is 13.2 Å². The summed E-state index contributed by atoms with van der Waals surface area (Å²) in [6.45, 7) is 2.05. The first-order chi connectivity index (χ1) is 18.6. The number of piperidine rings is 1. The summed E-state index contributed by atoms with van der Waals surface area (Å²) < 4.78 is 65.7. The number of aromatic nitrogens is 5. The molecule has 0 amide bonds. The second-order valence-corrected chi connectivity index (χ2v) is 10.6. The molecule has 0 atom stereocenters. The van der Waals surface area contributed by atoms with Crippen LogP contribution in [-0.2, 0) is 36.3 Å². The average Bonchev–Trinajstić information content (AvgIpc) is 3.44. The van der Waals surface area contributed by atoms with E-state index in [9.17, 15) is 22.4 Å². The number of pyridine rings is 1. The van der Waals surface area contributed by atoms with Gasteiger partial charge in [0.1, 0.15) is 18.3 Å². The fourth-order valence-electron chi connectivity index (χ4n) is 5.54. The zero-order valence-electron chi connectivity index (χ0n) is 21.4. The quantitative estimate of drug-likeness (QED) is 0.347. The van der Waals surface area contributed by atoms with Crippen molar-refractivity contribution in [1.82, 2.24) is 28.6 Å². The minimum absolute atomic E-state index is 0.212. The van der Waals surface area contributed by atoms with Gasteiger partial charge in [0, 0.05) is 50.9 Å². The van der Waals surface area contributed by atoms with Crippen molar-refractivity contribution < 1.29 is 22.3 Å². The molecular formula is C27H28F4N6O2. The molecule has 6 rings (SSSR count). The van der Waals surface area contributed by atoms with Gasteiger partial charge in [-0.25, -0.2) is 9.18 Å². The number of alkyl halides is 4. The van der Waals surface area contributed by atoms with E-state index >= 15 is 0 Å². The topological polar surface area (TPSA) is 69.6 Å². The van der Waals surface area contributed by atoms with E-state index in [1.54, 1.807) is 18.5 Å². The van der Waals surface area contributed by atoms with Crippen LogP contribution >= 0.6 is 0 Å². The fourth-order valence-corrected chi connectivity index (χ4v) is 5.54. The van der Waals surface area contributed by atoms with E-state index in [1.807, 2.05) is 28.6 Å². The highest BCUT2D eigenvalue weighted by Gasteiger charge is 2.42. The van der Waals surface area contributed by atoms with Gasteiger partial charge in [0.25, 0.3) is 0 Å². The highest BCUT2D eigenvalue weighted by molar-refractivity contribution is 5.58. The molecule has 2 saturated heterocycles. The van der Waals surface area contributed by atoms with Crippen molar-refractivity contribution in [2.45, 2.75) is 43.6 Å². The van der Waals surface area contributed by atoms with E-state index in [-0.39, 0.29) is 17.5 Å². The number of likely N-dealkylation sites (tertiary alicyclic amines) is 1. The third kappa shape index (κ3) is 4.76. The smallest absolute Gasteiger partial charge is 0.379 e. The first-order valence-corrected chi connectivity index (χ1v) is 12.8. The van der Waals surface area contributed by atoms with E-state index in [2.05, 4.69) is 10.2 Å². The summed E-state index contributed by atoms with van der Waals surface area (Å²) in [5, 5.41) is 8.13. The Balaban J connectivity index is 1.39. The van der Waals surface area contributed by atoms with Crippen molar-refractivity contribution in [3.63, 3.8) is 0 Å².